The van der Waals surface area contributed by atoms with Crippen LogP contribution in [0.15, 0.2) is 35.0 Å². The molecule has 19 heavy (non-hydrogen) atoms. The molecule has 0 unspecified atom stereocenters. The molecule has 1 saturated heterocycles. The average Bonchev–Trinajstić information content (AvgIpc) is 2.89. The summed E-state index contributed by atoms with van der Waals surface area (Å²) in [7, 11) is 0. The van der Waals surface area contributed by atoms with Gasteiger partial charge in [0.15, 0.2) is 5.76 Å². The summed E-state index contributed by atoms with van der Waals surface area (Å²) in [4.78, 5) is 2.15. The molecular formula is C14H16FN3O. The van der Waals surface area contributed by atoms with E-state index >= 15 is 0 Å². The van der Waals surface area contributed by atoms with Gasteiger partial charge in [-0.15, -0.1) is 0 Å². The first kappa shape index (κ1) is 12.2. The minimum Gasteiger partial charge on any atom is -0.367 e. The number of hydrogen-bond donors (Lipinski definition) is 1. The Labute approximate surface area is 111 Å². The first-order valence-corrected chi connectivity index (χ1v) is 6.46. The van der Waals surface area contributed by atoms with Gasteiger partial charge in [0, 0.05) is 19.1 Å². The lowest BCUT2D eigenvalue weighted by molar-refractivity contribution is 0.429. The van der Waals surface area contributed by atoms with E-state index in [1.807, 2.05) is 0 Å². The van der Waals surface area contributed by atoms with E-state index in [9.17, 15) is 4.39 Å². The molecule has 0 amide bonds. The van der Waals surface area contributed by atoms with Crippen LogP contribution in [0.2, 0.25) is 0 Å². The number of rotatable bonds is 2. The molecule has 0 saturated carbocycles. The monoisotopic (exact) mass is 261 g/mol. The van der Waals surface area contributed by atoms with Gasteiger partial charge in [0.2, 0.25) is 0 Å². The molecule has 2 heterocycles. The van der Waals surface area contributed by atoms with Crippen LogP contribution in [0.25, 0.3) is 11.3 Å². The summed E-state index contributed by atoms with van der Waals surface area (Å²) in [6, 6.07) is 6.84. The molecule has 1 aromatic heterocycles. The van der Waals surface area contributed by atoms with Gasteiger partial charge in [-0.2, -0.15) is 0 Å². The van der Waals surface area contributed by atoms with Crippen LogP contribution in [-0.4, -0.2) is 24.3 Å². The molecule has 5 heteroatoms. The molecule has 100 valence electrons. The van der Waals surface area contributed by atoms with Gasteiger partial charge in [-0.1, -0.05) is 17.3 Å². The number of halogens is 1. The Morgan fingerprint density at radius 2 is 2.00 bits per heavy atom. The lowest BCUT2D eigenvalue weighted by Gasteiger charge is -2.31. The first-order chi connectivity index (χ1) is 9.25. The van der Waals surface area contributed by atoms with Gasteiger partial charge in [-0.25, -0.2) is 4.39 Å². The maximum atomic E-state index is 13.8. The van der Waals surface area contributed by atoms with Gasteiger partial charge in [-0.3, -0.25) is 0 Å². The zero-order valence-corrected chi connectivity index (χ0v) is 10.6. The maximum Gasteiger partial charge on any atom is 0.193 e. The average molecular weight is 261 g/mol. The van der Waals surface area contributed by atoms with Crippen LogP contribution in [0, 0.1) is 5.82 Å². The Hall–Kier alpha value is -1.88. The number of piperidine rings is 1. The molecule has 1 aromatic carbocycles. The third kappa shape index (κ3) is 2.33. The number of aromatic nitrogens is 1. The van der Waals surface area contributed by atoms with Crippen molar-refractivity contribution in [2.75, 3.05) is 18.0 Å². The molecule has 1 aliphatic heterocycles. The Kier molecular flexibility index (Phi) is 3.21. The van der Waals surface area contributed by atoms with Crippen LogP contribution in [-0.2, 0) is 0 Å². The van der Waals surface area contributed by atoms with E-state index < -0.39 is 0 Å². The second-order valence-corrected chi connectivity index (χ2v) is 4.84. The molecule has 4 nitrogen and oxygen atoms in total. The van der Waals surface area contributed by atoms with Gasteiger partial charge in [0.25, 0.3) is 0 Å². The fourth-order valence-electron chi connectivity index (χ4n) is 2.43. The predicted molar refractivity (Wildman–Crippen MR) is 71.3 cm³/mol. The molecule has 0 atom stereocenters. The smallest absolute Gasteiger partial charge is 0.193 e. The number of hydrogen-bond acceptors (Lipinski definition) is 4. The minimum atomic E-state index is -0.297. The molecule has 2 N–H and O–H groups in total. The Morgan fingerprint density at radius 1 is 1.26 bits per heavy atom. The van der Waals surface area contributed by atoms with Crippen LogP contribution in [0.1, 0.15) is 12.8 Å². The van der Waals surface area contributed by atoms with Crippen molar-refractivity contribution >= 4 is 5.69 Å². The number of nitrogens with zero attached hydrogens (tertiary/aromatic N) is 2. The molecule has 1 fully saturated rings. The standard InChI is InChI=1S/C14H16FN3O/c15-12-4-2-1-3-11(12)14-13(9-17-19-14)18-7-5-10(16)6-8-18/h1-4,9-10H,5-8,16H2. The SMILES string of the molecule is NC1CCN(c2cnoc2-c2ccccc2F)CC1. The van der Waals surface area contributed by atoms with Crippen molar-refractivity contribution in [2.24, 2.45) is 5.73 Å². The summed E-state index contributed by atoms with van der Waals surface area (Å²) < 4.78 is 19.1. The van der Waals surface area contributed by atoms with E-state index in [0.29, 0.717) is 11.3 Å². The summed E-state index contributed by atoms with van der Waals surface area (Å²) in [6.45, 7) is 1.70. The highest BCUT2D eigenvalue weighted by Gasteiger charge is 2.23. The van der Waals surface area contributed by atoms with E-state index in [1.54, 1.807) is 24.4 Å². The second-order valence-electron chi connectivity index (χ2n) is 4.84. The summed E-state index contributed by atoms with van der Waals surface area (Å²) in [5.41, 5.74) is 7.19. The first-order valence-electron chi connectivity index (χ1n) is 6.46. The van der Waals surface area contributed by atoms with Crippen molar-refractivity contribution in [3.8, 4) is 11.3 Å². The normalized spacial score (nSPS) is 16.8. The van der Waals surface area contributed by atoms with Crippen LogP contribution < -0.4 is 10.6 Å². The van der Waals surface area contributed by atoms with Crippen molar-refractivity contribution in [3.05, 3.63) is 36.3 Å². The van der Waals surface area contributed by atoms with E-state index in [1.165, 1.54) is 6.07 Å². The van der Waals surface area contributed by atoms with Crippen LogP contribution in [0.3, 0.4) is 0 Å². The third-order valence-electron chi connectivity index (χ3n) is 3.55. The quantitative estimate of drug-likeness (QED) is 0.902. The van der Waals surface area contributed by atoms with Gasteiger partial charge in [0.05, 0.1) is 11.8 Å². The fourth-order valence-corrected chi connectivity index (χ4v) is 2.43. The molecular weight excluding hydrogens is 245 g/mol. The van der Waals surface area contributed by atoms with Crippen molar-refractivity contribution in [1.29, 1.82) is 0 Å². The van der Waals surface area contributed by atoms with E-state index in [2.05, 4.69) is 10.1 Å². The molecule has 3 rings (SSSR count). The third-order valence-corrected chi connectivity index (χ3v) is 3.55. The van der Waals surface area contributed by atoms with Gasteiger partial charge in [-0.05, 0) is 25.0 Å². The van der Waals surface area contributed by atoms with Gasteiger partial charge >= 0.3 is 0 Å². The molecule has 0 bridgehead atoms. The highest BCUT2D eigenvalue weighted by Crippen LogP contribution is 2.33. The highest BCUT2D eigenvalue weighted by atomic mass is 19.1. The number of anilines is 1. The van der Waals surface area contributed by atoms with E-state index in [-0.39, 0.29) is 11.9 Å². The van der Waals surface area contributed by atoms with Crippen LogP contribution >= 0.6 is 0 Å². The highest BCUT2D eigenvalue weighted by molar-refractivity contribution is 5.73. The van der Waals surface area contributed by atoms with Crippen molar-refractivity contribution in [3.63, 3.8) is 0 Å². The Morgan fingerprint density at radius 3 is 2.74 bits per heavy atom. The van der Waals surface area contributed by atoms with Crippen molar-refractivity contribution < 1.29 is 8.91 Å². The lowest BCUT2D eigenvalue weighted by atomic mass is 10.0. The van der Waals surface area contributed by atoms with Crippen molar-refractivity contribution in [2.45, 2.75) is 18.9 Å². The Bertz CT molecular complexity index is 561. The summed E-state index contributed by atoms with van der Waals surface area (Å²) in [6.07, 6.45) is 3.52. The van der Waals surface area contributed by atoms with Crippen molar-refractivity contribution in [1.82, 2.24) is 5.16 Å². The maximum absolute atomic E-state index is 13.8. The summed E-state index contributed by atoms with van der Waals surface area (Å²) >= 11 is 0. The van der Waals surface area contributed by atoms with E-state index in [4.69, 9.17) is 10.3 Å². The van der Waals surface area contributed by atoms with E-state index in [0.717, 1.165) is 31.6 Å². The minimum absolute atomic E-state index is 0.257. The fraction of sp³-hybridized carbons (Fsp3) is 0.357. The summed E-state index contributed by atoms with van der Waals surface area (Å²) in [5, 5.41) is 3.82. The topological polar surface area (TPSA) is 55.3 Å². The number of nitrogens with two attached hydrogens (primary N) is 1. The zero-order chi connectivity index (χ0) is 13.2. The lowest BCUT2D eigenvalue weighted by Crippen LogP contribution is -2.39. The Balaban J connectivity index is 1.93. The molecule has 2 aromatic rings. The second kappa shape index (κ2) is 5.01. The predicted octanol–water partition coefficient (Wildman–Crippen LogP) is 2.41. The molecule has 1 aliphatic rings. The van der Waals surface area contributed by atoms with Gasteiger partial charge in [0.1, 0.15) is 11.5 Å². The molecule has 0 spiro atoms. The number of benzene rings is 1. The summed E-state index contributed by atoms with van der Waals surface area (Å²) in [5.74, 6) is 0.197. The largest absolute Gasteiger partial charge is 0.367 e. The van der Waals surface area contributed by atoms with Crippen LogP contribution in [0.5, 0.6) is 0 Å². The zero-order valence-electron chi connectivity index (χ0n) is 10.6. The van der Waals surface area contributed by atoms with Crippen LogP contribution in [0.4, 0.5) is 10.1 Å². The molecule has 0 aliphatic carbocycles. The van der Waals surface area contributed by atoms with Gasteiger partial charge < -0.3 is 15.2 Å². The molecule has 0 radical (unpaired) electrons.